The van der Waals surface area contributed by atoms with Crippen LogP contribution in [0.15, 0.2) is 47.3 Å². The fraction of sp³-hybridized carbons (Fsp3) is 0.318. The molecular formula is C22H24Cl2N2OS. The average molecular weight is 435 g/mol. The summed E-state index contributed by atoms with van der Waals surface area (Å²) in [6.07, 6.45) is 1.03. The lowest BCUT2D eigenvalue weighted by Gasteiger charge is -2.18. The molecule has 0 radical (unpaired) electrons. The van der Waals surface area contributed by atoms with E-state index in [0.29, 0.717) is 5.02 Å². The van der Waals surface area contributed by atoms with Crippen molar-refractivity contribution in [2.45, 2.75) is 26.8 Å². The zero-order chi connectivity index (χ0) is 19.0. The van der Waals surface area contributed by atoms with E-state index in [4.69, 9.17) is 11.6 Å². The second kappa shape index (κ2) is 8.83. The van der Waals surface area contributed by atoms with Crippen LogP contribution < -0.4 is 5.43 Å². The molecule has 0 unspecified atom stereocenters. The molecule has 0 saturated carbocycles. The van der Waals surface area contributed by atoms with Crippen LogP contribution in [-0.4, -0.2) is 29.1 Å². The number of aromatic nitrogens is 1. The zero-order valence-electron chi connectivity index (χ0n) is 16.1. The van der Waals surface area contributed by atoms with E-state index < -0.39 is 0 Å². The molecule has 0 aliphatic rings. The van der Waals surface area contributed by atoms with Crippen molar-refractivity contribution in [3.63, 3.8) is 0 Å². The molecule has 0 amide bonds. The predicted octanol–water partition coefficient (Wildman–Crippen LogP) is 6.18. The Morgan fingerprint density at radius 2 is 1.82 bits per heavy atom. The monoisotopic (exact) mass is 434 g/mol. The van der Waals surface area contributed by atoms with Crippen LogP contribution in [0.1, 0.15) is 20.3 Å². The highest BCUT2D eigenvalue weighted by Gasteiger charge is 2.16. The molecule has 0 fully saturated rings. The maximum atomic E-state index is 13.3. The summed E-state index contributed by atoms with van der Waals surface area (Å²) in [5.74, 6) is 0. The van der Waals surface area contributed by atoms with Crippen molar-refractivity contribution in [3.8, 4) is 0 Å². The van der Waals surface area contributed by atoms with Gasteiger partial charge in [0.2, 0.25) is 5.43 Å². The molecule has 2 heterocycles. The van der Waals surface area contributed by atoms with E-state index in [-0.39, 0.29) is 17.8 Å². The molecule has 0 N–H and O–H groups in total. The third kappa shape index (κ3) is 3.67. The first kappa shape index (κ1) is 21.1. The summed E-state index contributed by atoms with van der Waals surface area (Å²) in [4.78, 5) is 15.8. The van der Waals surface area contributed by atoms with Crippen molar-refractivity contribution in [3.05, 3.63) is 57.7 Å². The SMILES string of the molecule is CCN(CC)CCCn1c2ccccc2c2sc3cc(Cl)ccc3c(=O)c21.Cl. The van der Waals surface area contributed by atoms with Crippen LogP contribution in [0.25, 0.3) is 31.2 Å². The summed E-state index contributed by atoms with van der Waals surface area (Å²) in [6, 6.07) is 13.9. The molecule has 0 aliphatic heterocycles. The lowest BCUT2D eigenvalue weighted by atomic mass is 10.2. The van der Waals surface area contributed by atoms with E-state index in [0.717, 1.165) is 63.8 Å². The number of aryl methyl sites for hydroxylation is 1. The van der Waals surface area contributed by atoms with Crippen LogP contribution in [0.4, 0.5) is 0 Å². The van der Waals surface area contributed by atoms with Gasteiger partial charge in [-0.3, -0.25) is 4.79 Å². The molecule has 4 aromatic rings. The Morgan fingerprint density at radius 3 is 2.57 bits per heavy atom. The minimum Gasteiger partial charge on any atom is -0.337 e. The summed E-state index contributed by atoms with van der Waals surface area (Å²) < 4.78 is 4.24. The van der Waals surface area contributed by atoms with Crippen molar-refractivity contribution in [1.29, 1.82) is 0 Å². The molecule has 148 valence electrons. The van der Waals surface area contributed by atoms with Gasteiger partial charge in [-0.1, -0.05) is 43.6 Å². The molecule has 0 spiro atoms. The van der Waals surface area contributed by atoms with Gasteiger partial charge >= 0.3 is 0 Å². The van der Waals surface area contributed by atoms with Crippen LogP contribution in [0.2, 0.25) is 5.02 Å². The topological polar surface area (TPSA) is 25.2 Å². The molecule has 0 saturated heterocycles. The Labute approximate surface area is 179 Å². The van der Waals surface area contributed by atoms with Gasteiger partial charge in [-0.05, 0) is 50.3 Å². The Kier molecular flexibility index (Phi) is 6.66. The first-order valence-electron chi connectivity index (χ1n) is 9.49. The summed E-state index contributed by atoms with van der Waals surface area (Å²) in [6.45, 7) is 8.40. The van der Waals surface area contributed by atoms with Crippen LogP contribution >= 0.6 is 35.3 Å². The van der Waals surface area contributed by atoms with E-state index in [9.17, 15) is 4.79 Å². The van der Waals surface area contributed by atoms with Crippen molar-refractivity contribution < 1.29 is 0 Å². The van der Waals surface area contributed by atoms with Gasteiger partial charge in [-0.25, -0.2) is 0 Å². The number of halogens is 2. The Morgan fingerprint density at radius 1 is 1.07 bits per heavy atom. The Balaban J connectivity index is 0.00000225. The molecule has 0 aliphatic carbocycles. The Hall–Kier alpha value is -1.59. The third-order valence-corrected chi connectivity index (χ3v) is 6.70. The second-order valence-corrected chi connectivity index (χ2v) is 8.29. The van der Waals surface area contributed by atoms with E-state index in [1.807, 2.05) is 24.3 Å². The van der Waals surface area contributed by atoms with Gasteiger partial charge in [0.25, 0.3) is 0 Å². The van der Waals surface area contributed by atoms with Gasteiger partial charge in [0.05, 0.1) is 10.2 Å². The summed E-state index contributed by atoms with van der Waals surface area (Å²) >= 11 is 7.83. The van der Waals surface area contributed by atoms with Gasteiger partial charge in [-0.2, -0.15) is 0 Å². The summed E-state index contributed by atoms with van der Waals surface area (Å²) in [5.41, 5.74) is 2.08. The average Bonchev–Trinajstić information content (AvgIpc) is 2.99. The number of fused-ring (bicyclic) bond motifs is 4. The standard InChI is InChI=1S/C22H23ClN2OS.ClH/c1-3-24(4-2)12-7-13-25-18-9-6-5-8-16(18)22-20(25)21(26)17-11-10-15(23)14-19(17)27-22;/h5-6,8-11,14H,3-4,7,12-13H2,1-2H3;1H. The minimum absolute atomic E-state index is 0. The fourth-order valence-corrected chi connectivity index (χ4v) is 5.33. The van der Waals surface area contributed by atoms with Crippen LogP contribution in [0.3, 0.4) is 0 Å². The molecule has 0 atom stereocenters. The van der Waals surface area contributed by atoms with Gasteiger partial charge in [-0.15, -0.1) is 23.7 Å². The molecule has 28 heavy (non-hydrogen) atoms. The zero-order valence-corrected chi connectivity index (χ0v) is 18.5. The Bertz CT molecular complexity index is 1180. The molecule has 2 aromatic carbocycles. The lowest BCUT2D eigenvalue weighted by Crippen LogP contribution is -2.25. The first-order chi connectivity index (χ1) is 13.1. The van der Waals surface area contributed by atoms with Crippen molar-refractivity contribution in [2.75, 3.05) is 19.6 Å². The van der Waals surface area contributed by atoms with E-state index >= 15 is 0 Å². The minimum atomic E-state index is 0. The highest BCUT2D eigenvalue weighted by molar-refractivity contribution is 7.25. The predicted molar refractivity (Wildman–Crippen MR) is 126 cm³/mol. The van der Waals surface area contributed by atoms with E-state index in [1.54, 1.807) is 17.4 Å². The number of rotatable bonds is 6. The molecular weight excluding hydrogens is 411 g/mol. The number of hydrogen-bond acceptors (Lipinski definition) is 3. The first-order valence-corrected chi connectivity index (χ1v) is 10.7. The molecule has 3 nitrogen and oxygen atoms in total. The molecule has 0 bridgehead atoms. The van der Waals surface area contributed by atoms with Crippen LogP contribution in [0.5, 0.6) is 0 Å². The van der Waals surface area contributed by atoms with Crippen molar-refractivity contribution >= 4 is 66.6 Å². The number of nitrogens with zero attached hydrogens (tertiary/aromatic N) is 2. The van der Waals surface area contributed by atoms with Gasteiger partial charge in [0.1, 0.15) is 5.52 Å². The largest absolute Gasteiger partial charge is 0.337 e. The maximum absolute atomic E-state index is 13.3. The van der Waals surface area contributed by atoms with Crippen molar-refractivity contribution in [1.82, 2.24) is 9.47 Å². The molecule has 4 rings (SSSR count). The quantitative estimate of drug-likeness (QED) is 0.362. The molecule has 2 aromatic heterocycles. The maximum Gasteiger partial charge on any atom is 0.212 e. The van der Waals surface area contributed by atoms with E-state index in [2.05, 4.69) is 35.4 Å². The highest BCUT2D eigenvalue weighted by Crippen LogP contribution is 2.34. The van der Waals surface area contributed by atoms with Crippen molar-refractivity contribution in [2.24, 2.45) is 0 Å². The lowest BCUT2D eigenvalue weighted by molar-refractivity contribution is 0.294. The van der Waals surface area contributed by atoms with Crippen LogP contribution in [0, 0.1) is 0 Å². The normalized spacial score (nSPS) is 11.6. The number of hydrogen-bond donors (Lipinski definition) is 0. The van der Waals surface area contributed by atoms with Crippen LogP contribution in [-0.2, 0) is 6.54 Å². The number of benzene rings is 2. The summed E-state index contributed by atoms with van der Waals surface area (Å²) in [5, 5.41) is 2.57. The number of para-hydroxylation sites is 1. The molecule has 6 heteroatoms. The fourth-order valence-electron chi connectivity index (χ4n) is 3.83. The highest BCUT2D eigenvalue weighted by atomic mass is 35.5. The van der Waals surface area contributed by atoms with Gasteiger partial charge in [0.15, 0.2) is 0 Å². The van der Waals surface area contributed by atoms with Gasteiger partial charge in [0, 0.05) is 27.0 Å². The van der Waals surface area contributed by atoms with Gasteiger partial charge < -0.3 is 9.47 Å². The third-order valence-electron chi connectivity index (χ3n) is 5.29. The second-order valence-electron chi connectivity index (χ2n) is 6.80. The van der Waals surface area contributed by atoms with E-state index in [1.165, 1.54) is 0 Å². The summed E-state index contributed by atoms with van der Waals surface area (Å²) in [7, 11) is 0. The smallest absolute Gasteiger partial charge is 0.212 e.